The molecule has 0 bridgehead atoms. The largest absolute Gasteiger partial charge is 0.360 e. The van der Waals surface area contributed by atoms with E-state index in [-0.39, 0.29) is 5.91 Å². The number of fused-ring (bicyclic) bond motifs is 1. The quantitative estimate of drug-likeness (QED) is 0.760. The van der Waals surface area contributed by atoms with Gasteiger partial charge in [-0.15, -0.1) is 0 Å². The maximum absolute atomic E-state index is 12.2. The van der Waals surface area contributed by atoms with Gasteiger partial charge in [0.1, 0.15) is 5.76 Å². The molecule has 4 nitrogen and oxygen atoms in total. The number of hydrogen-bond acceptors (Lipinski definition) is 3. The number of carbonyl (C=O) groups excluding carboxylic acids is 1. The van der Waals surface area contributed by atoms with Crippen molar-refractivity contribution in [2.24, 2.45) is 0 Å². The maximum atomic E-state index is 12.2. The lowest BCUT2D eigenvalue weighted by Crippen LogP contribution is -2.12. The highest BCUT2D eigenvalue weighted by molar-refractivity contribution is 6.12. The fourth-order valence-corrected chi connectivity index (χ4v) is 2.03. The van der Waals surface area contributed by atoms with Crippen LogP contribution in [0.15, 0.2) is 53.1 Å². The summed E-state index contributed by atoms with van der Waals surface area (Å²) in [5.74, 6) is 0.897. The third-order valence-corrected chi connectivity index (χ3v) is 2.90. The molecule has 2 aromatic carbocycles. The molecule has 1 heterocycles. The molecule has 1 amide bonds. The van der Waals surface area contributed by atoms with Gasteiger partial charge in [0.15, 0.2) is 5.82 Å². The van der Waals surface area contributed by atoms with Crippen LogP contribution in [0, 0.1) is 6.92 Å². The highest BCUT2D eigenvalue weighted by atomic mass is 16.5. The first-order valence-electron chi connectivity index (χ1n) is 5.96. The SMILES string of the molecule is Cc1cc(NC(=O)c2cccc3ccccc23)no1. The van der Waals surface area contributed by atoms with Gasteiger partial charge in [0.2, 0.25) is 0 Å². The molecule has 19 heavy (non-hydrogen) atoms. The van der Waals surface area contributed by atoms with E-state index >= 15 is 0 Å². The number of aryl methyl sites for hydroxylation is 1. The number of hydrogen-bond donors (Lipinski definition) is 1. The van der Waals surface area contributed by atoms with E-state index in [1.165, 1.54) is 0 Å². The number of benzene rings is 2. The summed E-state index contributed by atoms with van der Waals surface area (Å²) in [6, 6.07) is 15.1. The van der Waals surface area contributed by atoms with Crippen molar-refractivity contribution in [2.45, 2.75) is 6.92 Å². The lowest BCUT2D eigenvalue weighted by molar-refractivity contribution is 0.102. The summed E-state index contributed by atoms with van der Waals surface area (Å²) >= 11 is 0. The van der Waals surface area contributed by atoms with Gasteiger partial charge in [-0.05, 0) is 23.8 Å². The summed E-state index contributed by atoms with van der Waals surface area (Å²) in [5.41, 5.74) is 0.624. The normalized spacial score (nSPS) is 10.6. The van der Waals surface area contributed by atoms with Crippen molar-refractivity contribution < 1.29 is 9.32 Å². The molecule has 0 spiro atoms. The Morgan fingerprint density at radius 3 is 2.74 bits per heavy atom. The summed E-state index contributed by atoms with van der Waals surface area (Å²) in [6.45, 7) is 1.78. The van der Waals surface area contributed by atoms with Gasteiger partial charge < -0.3 is 9.84 Å². The Kier molecular flexibility index (Phi) is 2.76. The van der Waals surface area contributed by atoms with Gasteiger partial charge in [-0.3, -0.25) is 4.79 Å². The minimum Gasteiger partial charge on any atom is -0.360 e. The van der Waals surface area contributed by atoms with Crippen molar-refractivity contribution >= 4 is 22.5 Å². The van der Waals surface area contributed by atoms with Crippen LogP contribution in [0.5, 0.6) is 0 Å². The first kappa shape index (κ1) is 11.5. The summed E-state index contributed by atoms with van der Waals surface area (Å²) in [4.78, 5) is 12.2. The van der Waals surface area contributed by atoms with Crippen molar-refractivity contribution in [3.8, 4) is 0 Å². The van der Waals surface area contributed by atoms with Crippen LogP contribution in [0.2, 0.25) is 0 Å². The predicted molar refractivity (Wildman–Crippen MR) is 73.1 cm³/mol. The summed E-state index contributed by atoms with van der Waals surface area (Å²) in [7, 11) is 0. The number of anilines is 1. The Hall–Kier alpha value is -2.62. The molecule has 0 radical (unpaired) electrons. The highest BCUT2D eigenvalue weighted by Gasteiger charge is 2.11. The van der Waals surface area contributed by atoms with Gasteiger partial charge in [0.25, 0.3) is 5.91 Å². The van der Waals surface area contributed by atoms with Crippen LogP contribution in [0.25, 0.3) is 10.8 Å². The smallest absolute Gasteiger partial charge is 0.257 e. The molecule has 0 unspecified atom stereocenters. The average molecular weight is 252 g/mol. The molecule has 0 saturated carbocycles. The van der Waals surface area contributed by atoms with E-state index < -0.39 is 0 Å². The molecule has 1 aromatic heterocycles. The van der Waals surface area contributed by atoms with Crippen molar-refractivity contribution in [1.29, 1.82) is 0 Å². The predicted octanol–water partition coefficient (Wildman–Crippen LogP) is 3.39. The van der Waals surface area contributed by atoms with Crippen LogP contribution in [-0.2, 0) is 0 Å². The van der Waals surface area contributed by atoms with Gasteiger partial charge in [-0.25, -0.2) is 0 Å². The number of amides is 1. The lowest BCUT2D eigenvalue weighted by atomic mass is 10.0. The van der Waals surface area contributed by atoms with E-state index in [0.29, 0.717) is 17.1 Å². The monoisotopic (exact) mass is 252 g/mol. The second-order valence-electron chi connectivity index (χ2n) is 4.30. The van der Waals surface area contributed by atoms with Crippen molar-refractivity contribution in [3.05, 3.63) is 59.9 Å². The molecule has 94 valence electrons. The minimum absolute atomic E-state index is 0.190. The number of nitrogens with one attached hydrogen (secondary N) is 1. The zero-order valence-corrected chi connectivity index (χ0v) is 10.4. The molecule has 0 saturated heterocycles. The van der Waals surface area contributed by atoms with E-state index in [2.05, 4.69) is 10.5 Å². The van der Waals surface area contributed by atoms with Crippen LogP contribution in [0.1, 0.15) is 16.1 Å². The average Bonchev–Trinajstić information content (AvgIpc) is 2.83. The van der Waals surface area contributed by atoms with E-state index in [1.807, 2.05) is 36.4 Å². The van der Waals surface area contributed by atoms with E-state index in [9.17, 15) is 4.79 Å². The molecule has 0 aliphatic carbocycles. The van der Waals surface area contributed by atoms with Gasteiger partial charge in [0, 0.05) is 11.6 Å². The van der Waals surface area contributed by atoms with E-state index in [0.717, 1.165) is 10.8 Å². The Labute approximate surface area is 110 Å². The van der Waals surface area contributed by atoms with Crippen molar-refractivity contribution in [1.82, 2.24) is 5.16 Å². The third kappa shape index (κ3) is 2.20. The third-order valence-electron chi connectivity index (χ3n) is 2.90. The molecule has 0 fully saturated rings. The molecule has 3 aromatic rings. The zero-order valence-electron chi connectivity index (χ0n) is 10.4. The molecule has 0 aliphatic rings. The fourth-order valence-electron chi connectivity index (χ4n) is 2.03. The summed E-state index contributed by atoms with van der Waals surface area (Å²) in [6.07, 6.45) is 0. The van der Waals surface area contributed by atoms with Gasteiger partial charge in [0.05, 0.1) is 0 Å². The number of rotatable bonds is 2. The Morgan fingerprint density at radius 1 is 1.16 bits per heavy atom. The number of nitrogens with zero attached hydrogens (tertiary/aromatic N) is 1. The van der Waals surface area contributed by atoms with Crippen molar-refractivity contribution in [3.63, 3.8) is 0 Å². The summed E-state index contributed by atoms with van der Waals surface area (Å²) < 4.78 is 4.92. The Bertz CT molecular complexity index is 741. The molecule has 0 aliphatic heterocycles. The van der Waals surface area contributed by atoms with Crippen molar-refractivity contribution in [2.75, 3.05) is 5.32 Å². The molecule has 0 atom stereocenters. The van der Waals surface area contributed by atoms with Crippen LogP contribution >= 0.6 is 0 Å². The highest BCUT2D eigenvalue weighted by Crippen LogP contribution is 2.19. The number of carbonyl (C=O) groups is 1. The lowest BCUT2D eigenvalue weighted by Gasteiger charge is -2.05. The Balaban J connectivity index is 1.97. The van der Waals surface area contributed by atoms with Gasteiger partial charge in [-0.2, -0.15) is 0 Å². The molecule has 3 rings (SSSR count). The molecule has 1 N–H and O–H groups in total. The Morgan fingerprint density at radius 2 is 1.95 bits per heavy atom. The molecule has 4 heteroatoms. The summed E-state index contributed by atoms with van der Waals surface area (Å²) in [5, 5.41) is 8.43. The van der Waals surface area contributed by atoms with E-state index in [4.69, 9.17) is 4.52 Å². The van der Waals surface area contributed by atoms with Crippen LogP contribution in [-0.4, -0.2) is 11.1 Å². The molecular weight excluding hydrogens is 240 g/mol. The van der Waals surface area contributed by atoms with E-state index in [1.54, 1.807) is 19.1 Å². The van der Waals surface area contributed by atoms with Crippen LogP contribution in [0.4, 0.5) is 5.82 Å². The van der Waals surface area contributed by atoms with Gasteiger partial charge >= 0.3 is 0 Å². The fraction of sp³-hybridized carbons (Fsp3) is 0.0667. The van der Waals surface area contributed by atoms with Gasteiger partial charge in [-0.1, -0.05) is 41.6 Å². The standard InChI is InChI=1S/C15H12N2O2/c1-10-9-14(17-19-10)16-15(18)13-8-4-6-11-5-2-3-7-12(11)13/h2-9H,1H3,(H,16,17,18). The zero-order chi connectivity index (χ0) is 13.2. The second kappa shape index (κ2) is 4.57. The minimum atomic E-state index is -0.190. The van der Waals surface area contributed by atoms with Crippen LogP contribution < -0.4 is 5.32 Å². The number of aromatic nitrogens is 1. The first-order chi connectivity index (χ1) is 9.24. The molecular formula is C15H12N2O2. The first-order valence-corrected chi connectivity index (χ1v) is 5.96. The maximum Gasteiger partial charge on any atom is 0.257 e. The second-order valence-corrected chi connectivity index (χ2v) is 4.30. The van der Waals surface area contributed by atoms with Crippen LogP contribution in [0.3, 0.4) is 0 Å². The topological polar surface area (TPSA) is 55.1 Å².